The van der Waals surface area contributed by atoms with Crippen LogP contribution in [0.15, 0.2) is 36.4 Å². The summed E-state index contributed by atoms with van der Waals surface area (Å²) in [6, 6.07) is 10.8. The van der Waals surface area contributed by atoms with Gasteiger partial charge in [-0.15, -0.1) is 0 Å². The molecule has 2 aromatic rings. The number of aromatic amines is 1. The number of benzene rings is 1. The number of aromatic nitrogens is 1. The lowest BCUT2D eigenvalue weighted by molar-refractivity contribution is 0.0685. The molecule has 1 fully saturated rings. The second kappa shape index (κ2) is 9.87. The molecule has 0 aliphatic carbocycles. The van der Waals surface area contributed by atoms with Crippen molar-refractivity contribution < 1.29 is 9.18 Å². The Morgan fingerprint density at radius 1 is 1.29 bits per heavy atom. The number of aryl methyl sites for hydroxylation is 1. The van der Waals surface area contributed by atoms with E-state index in [1.54, 1.807) is 12.1 Å². The van der Waals surface area contributed by atoms with Crippen LogP contribution in [0.1, 0.15) is 48.4 Å². The molecule has 28 heavy (non-hydrogen) atoms. The van der Waals surface area contributed by atoms with Gasteiger partial charge in [-0.25, -0.2) is 4.39 Å². The molecule has 5 heteroatoms. The van der Waals surface area contributed by atoms with Gasteiger partial charge in [-0.1, -0.05) is 19.1 Å². The molecule has 1 aromatic heterocycles. The Labute approximate surface area is 167 Å². The molecule has 1 aliphatic heterocycles. The quantitative estimate of drug-likeness (QED) is 0.742. The van der Waals surface area contributed by atoms with Crippen LogP contribution >= 0.6 is 0 Å². The van der Waals surface area contributed by atoms with Crippen LogP contribution in [0.4, 0.5) is 4.39 Å². The zero-order valence-electron chi connectivity index (χ0n) is 17.1. The molecule has 3 rings (SSSR count). The molecule has 0 radical (unpaired) electrons. The van der Waals surface area contributed by atoms with Crippen molar-refractivity contribution in [3.63, 3.8) is 0 Å². The molecule has 4 nitrogen and oxygen atoms in total. The maximum absolute atomic E-state index is 13.4. The van der Waals surface area contributed by atoms with Crippen LogP contribution in [-0.2, 0) is 12.8 Å². The summed E-state index contributed by atoms with van der Waals surface area (Å²) in [5.74, 6) is 0.423. The highest BCUT2D eigenvalue weighted by Crippen LogP contribution is 2.19. The number of amides is 1. The van der Waals surface area contributed by atoms with E-state index in [4.69, 9.17) is 0 Å². The molecule has 1 aliphatic rings. The molecule has 1 N–H and O–H groups in total. The van der Waals surface area contributed by atoms with E-state index in [-0.39, 0.29) is 11.7 Å². The Morgan fingerprint density at radius 3 is 2.86 bits per heavy atom. The smallest absolute Gasteiger partial charge is 0.270 e. The van der Waals surface area contributed by atoms with Gasteiger partial charge in [0.1, 0.15) is 11.5 Å². The van der Waals surface area contributed by atoms with Crippen LogP contribution in [0, 0.1) is 11.7 Å². The SMILES string of the molecule is CCc1ccc(C(=O)N(CC)C[C@@H]2CCCN(CCc3cccc(F)c3)C2)[nH]1. The standard InChI is InChI=1S/C23H32FN3O/c1-3-21-10-11-22(25-21)23(28)27(4-2)17-19-8-6-13-26(16-19)14-12-18-7-5-9-20(24)15-18/h5,7,9-11,15,19,25H,3-4,6,8,12-14,16-17H2,1-2H3/t19-/m1/s1. The number of likely N-dealkylation sites (tertiary alicyclic amines) is 1. The van der Waals surface area contributed by atoms with Gasteiger partial charge in [0.15, 0.2) is 0 Å². The van der Waals surface area contributed by atoms with Gasteiger partial charge in [-0.2, -0.15) is 0 Å². The number of carbonyl (C=O) groups excluding carboxylic acids is 1. The molecule has 1 amide bonds. The van der Waals surface area contributed by atoms with Crippen molar-refractivity contribution in [1.82, 2.24) is 14.8 Å². The number of piperidine rings is 1. The van der Waals surface area contributed by atoms with E-state index in [1.807, 2.05) is 30.0 Å². The van der Waals surface area contributed by atoms with Crippen molar-refractivity contribution in [2.45, 2.75) is 39.5 Å². The van der Waals surface area contributed by atoms with E-state index >= 15 is 0 Å². The van der Waals surface area contributed by atoms with Gasteiger partial charge in [0.2, 0.25) is 0 Å². The summed E-state index contributed by atoms with van der Waals surface area (Å²) in [4.78, 5) is 20.5. The fourth-order valence-electron chi connectivity index (χ4n) is 4.09. The Hall–Kier alpha value is -2.14. The molecule has 152 valence electrons. The zero-order valence-corrected chi connectivity index (χ0v) is 17.1. The van der Waals surface area contributed by atoms with Gasteiger partial charge in [-0.05, 0) is 74.9 Å². The number of nitrogens with one attached hydrogen (secondary N) is 1. The average Bonchev–Trinajstić information content (AvgIpc) is 3.20. The Balaban J connectivity index is 1.53. The fourth-order valence-corrected chi connectivity index (χ4v) is 4.09. The highest BCUT2D eigenvalue weighted by molar-refractivity contribution is 5.92. The van der Waals surface area contributed by atoms with Crippen molar-refractivity contribution in [2.75, 3.05) is 32.7 Å². The van der Waals surface area contributed by atoms with Crippen LogP contribution in [0.2, 0.25) is 0 Å². The van der Waals surface area contributed by atoms with E-state index < -0.39 is 0 Å². The van der Waals surface area contributed by atoms with Crippen molar-refractivity contribution >= 4 is 5.91 Å². The molecule has 0 unspecified atom stereocenters. The zero-order chi connectivity index (χ0) is 19.9. The van der Waals surface area contributed by atoms with Crippen LogP contribution < -0.4 is 0 Å². The van der Waals surface area contributed by atoms with Gasteiger partial charge in [0.05, 0.1) is 0 Å². The van der Waals surface area contributed by atoms with Crippen molar-refractivity contribution in [1.29, 1.82) is 0 Å². The molecule has 0 spiro atoms. The largest absolute Gasteiger partial charge is 0.354 e. The summed E-state index contributed by atoms with van der Waals surface area (Å²) in [5, 5.41) is 0. The number of H-pyrrole nitrogens is 1. The van der Waals surface area contributed by atoms with E-state index in [1.165, 1.54) is 6.07 Å². The third-order valence-electron chi connectivity index (χ3n) is 5.71. The minimum atomic E-state index is -0.165. The maximum atomic E-state index is 13.4. The Bertz CT molecular complexity index is 773. The van der Waals surface area contributed by atoms with E-state index in [0.29, 0.717) is 11.6 Å². The first-order valence-electron chi connectivity index (χ1n) is 10.5. The number of hydrogen-bond acceptors (Lipinski definition) is 2. The highest BCUT2D eigenvalue weighted by Gasteiger charge is 2.24. The lowest BCUT2D eigenvalue weighted by atomic mass is 9.96. The van der Waals surface area contributed by atoms with E-state index in [2.05, 4.69) is 16.8 Å². The Kier molecular flexibility index (Phi) is 7.26. The number of rotatable bonds is 8. The number of carbonyl (C=O) groups is 1. The topological polar surface area (TPSA) is 39.3 Å². The van der Waals surface area contributed by atoms with E-state index in [9.17, 15) is 9.18 Å². The van der Waals surface area contributed by atoms with Crippen LogP contribution in [0.25, 0.3) is 0 Å². The van der Waals surface area contributed by atoms with Crippen LogP contribution in [-0.4, -0.2) is 53.4 Å². The summed E-state index contributed by atoms with van der Waals surface area (Å²) in [6.45, 7) is 8.68. The molecular weight excluding hydrogens is 353 g/mol. The van der Waals surface area contributed by atoms with Crippen molar-refractivity contribution in [2.24, 2.45) is 5.92 Å². The summed E-state index contributed by atoms with van der Waals surface area (Å²) < 4.78 is 13.4. The van der Waals surface area contributed by atoms with Crippen LogP contribution in [0.3, 0.4) is 0 Å². The first kappa shape index (κ1) is 20.6. The van der Waals surface area contributed by atoms with Gasteiger partial charge in [-0.3, -0.25) is 4.79 Å². The molecule has 2 heterocycles. The first-order chi connectivity index (χ1) is 13.6. The normalized spacial score (nSPS) is 17.6. The van der Waals surface area contributed by atoms with Crippen LogP contribution in [0.5, 0.6) is 0 Å². The molecule has 1 saturated heterocycles. The molecular formula is C23H32FN3O. The van der Waals surface area contributed by atoms with Crippen molar-refractivity contribution in [3.8, 4) is 0 Å². The van der Waals surface area contributed by atoms with Gasteiger partial charge in [0.25, 0.3) is 5.91 Å². The fraction of sp³-hybridized carbons (Fsp3) is 0.522. The predicted molar refractivity (Wildman–Crippen MR) is 111 cm³/mol. The van der Waals surface area contributed by atoms with Crippen molar-refractivity contribution in [3.05, 3.63) is 59.2 Å². The lowest BCUT2D eigenvalue weighted by Gasteiger charge is -2.35. The summed E-state index contributed by atoms with van der Waals surface area (Å²) in [6.07, 6.45) is 4.08. The van der Waals surface area contributed by atoms with Gasteiger partial charge < -0.3 is 14.8 Å². The summed E-state index contributed by atoms with van der Waals surface area (Å²) in [7, 11) is 0. The maximum Gasteiger partial charge on any atom is 0.270 e. The monoisotopic (exact) mass is 385 g/mol. The van der Waals surface area contributed by atoms with Gasteiger partial charge in [0, 0.05) is 31.9 Å². The summed E-state index contributed by atoms with van der Waals surface area (Å²) in [5.41, 5.74) is 2.84. The molecule has 0 saturated carbocycles. The highest BCUT2D eigenvalue weighted by atomic mass is 19.1. The molecule has 0 bridgehead atoms. The number of hydrogen-bond donors (Lipinski definition) is 1. The second-order valence-corrected chi connectivity index (χ2v) is 7.78. The minimum absolute atomic E-state index is 0.0964. The van der Waals surface area contributed by atoms with Gasteiger partial charge >= 0.3 is 0 Å². The number of halogens is 1. The third kappa shape index (κ3) is 5.44. The molecule has 1 aromatic carbocycles. The minimum Gasteiger partial charge on any atom is -0.354 e. The second-order valence-electron chi connectivity index (χ2n) is 7.78. The summed E-state index contributed by atoms with van der Waals surface area (Å²) >= 11 is 0. The number of nitrogens with zero attached hydrogens (tertiary/aromatic N) is 2. The lowest BCUT2D eigenvalue weighted by Crippen LogP contribution is -2.43. The predicted octanol–water partition coefficient (Wildman–Crippen LogP) is 4.13. The Morgan fingerprint density at radius 2 is 2.14 bits per heavy atom. The molecule has 1 atom stereocenters. The van der Waals surface area contributed by atoms with E-state index in [0.717, 1.165) is 69.7 Å². The average molecular weight is 386 g/mol. The first-order valence-corrected chi connectivity index (χ1v) is 10.5. The third-order valence-corrected chi connectivity index (χ3v) is 5.71.